The number of nitrogens with one attached hydrogen (secondary N) is 1. The average Bonchev–Trinajstić information content (AvgIpc) is 3.17. The molecular weight excluding hydrogens is 541 g/mol. The van der Waals surface area contributed by atoms with Gasteiger partial charge in [-0.05, 0) is 56.7 Å². The van der Waals surface area contributed by atoms with E-state index in [2.05, 4.69) is 16.7 Å². The molecule has 3 N–H and O–H groups in total. The number of aryl methyl sites for hydroxylation is 3. The van der Waals surface area contributed by atoms with Gasteiger partial charge in [-0.3, -0.25) is 9.40 Å². The largest absolute Gasteiger partial charge is 0.490 e. The zero-order valence-corrected chi connectivity index (χ0v) is 22.5. The number of carbonyl (C=O) groups is 2. The molecule has 2 aromatic carbocycles. The second-order valence-corrected chi connectivity index (χ2v) is 10.3. The van der Waals surface area contributed by atoms with Crippen molar-refractivity contribution >= 4 is 33.3 Å². The van der Waals surface area contributed by atoms with Crippen molar-refractivity contribution in [3.63, 3.8) is 0 Å². The highest BCUT2D eigenvalue weighted by Gasteiger charge is 2.38. The molecule has 0 bridgehead atoms. The molecule has 3 aromatic rings. The highest BCUT2D eigenvalue weighted by molar-refractivity contribution is 7.92. The Morgan fingerprint density at radius 3 is 2.15 bits per heavy atom. The van der Waals surface area contributed by atoms with Crippen molar-refractivity contribution in [3.8, 4) is 0 Å². The quantitative estimate of drug-likeness (QED) is 0.337. The lowest BCUT2D eigenvalue weighted by Crippen LogP contribution is -2.22. The van der Waals surface area contributed by atoms with Crippen LogP contribution in [0, 0.1) is 13.8 Å². The summed E-state index contributed by atoms with van der Waals surface area (Å²) in [6.07, 6.45) is -4.14. The fourth-order valence-electron chi connectivity index (χ4n) is 3.50. The molecule has 1 aromatic heterocycles. The van der Waals surface area contributed by atoms with Gasteiger partial charge in [0.2, 0.25) is 0 Å². The van der Waals surface area contributed by atoms with Gasteiger partial charge in [0.25, 0.3) is 10.0 Å². The molecule has 0 unspecified atom stereocenters. The number of alkyl halides is 3. The molecule has 0 saturated carbocycles. The third-order valence-electron chi connectivity index (χ3n) is 5.28. The molecule has 0 aliphatic rings. The number of benzene rings is 2. The maximum atomic E-state index is 12.7. The molecule has 39 heavy (non-hydrogen) atoms. The first-order valence-corrected chi connectivity index (χ1v) is 13.0. The average molecular weight is 571 g/mol. The van der Waals surface area contributed by atoms with E-state index >= 15 is 0 Å². The van der Waals surface area contributed by atoms with Crippen molar-refractivity contribution in [1.29, 1.82) is 0 Å². The first kappa shape index (κ1) is 31.1. The number of aliphatic carboxylic acids is 1. The lowest BCUT2D eigenvalue weighted by Gasteiger charge is -2.22. The van der Waals surface area contributed by atoms with Crippen LogP contribution in [0.4, 0.5) is 24.5 Å². The minimum atomic E-state index is -5.08. The number of anilines is 2. The third kappa shape index (κ3) is 8.74. The molecule has 0 fully saturated rings. The molecule has 0 radical (unpaired) electrons. The van der Waals surface area contributed by atoms with Crippen LogP contribution in [-0.4, -0.2) is 53.6 Å². The van der Waals surface area contributed by atoms with Crippen LogP contribution in [0.2, 0.25) is 0 Å². The molecule has 0 spiro atoms. The minimum absolute atomic E-state index is 0.00915. The molecule has 0 aliphatic carbocycles. The second-order valence-electron chi connectivity index (χ2n) is 8.61. The molecule has 1 heterocycles. The van der Waals surface area contributed by atoms with E-state index in [4.69, 9.17) is 9.90 Å². The summed E-state index contributed by atoms with van der Waals surface area (Å²) in [5.74, 6) is -3.89. The number of carboxylic acid groups (broad SMARTS) is 2. The number of halogens is 3. The Morgan fingerprint density at radius 2 is 1.64 bits per heavy atom. The van der Waals surface area contributed by atoms with E-state index in [-0.39, 0.29) is 16.1 Å². The summed E-state index contributed by atoms with van der Waals surface area (Å²) in [7, 11) is -2.03. The Morgan fingerprint density at radius 1 is 1.05 bits per heavy atom. The van der Waals surface area contributed by atoms with E-state index < -0.39 is 28.1 Å². The van der Waals surface area contributed by atoms with E-state index in [1.54, 1.807) is 31.3 Å². The SMILES string of the molecule is CCCn1nc(C)cc1CN(C)c1ccc(NS(=O)(=O)c2ccc(C)cc2)cc1C(=O)O.O=C(O)C(F)(F)F. The molecule has 14 heteroatoms. The number of hydrogen-bond acceptors (Lipinski definition) is 6. The van der Waals surface area contributed by atoms with Gasteiger partial charge in [0.1, 0.15) is 0 Å². The lowest BCUT2D eigenvalue weighted by atomic mass is 10.1. The summed E-state index contributed by atoms with van der Waals surface area (Å²) < 4.78 is 61.5. The van der Waals surface area contributed by atoms with Crippen molar-refractivity contribution in [1.82, 2.24) is 9.78 Å². The standard InChI is InChI=1S/C23H28N4O4S.C2HF3O2/c1-5-12-27-19(13-17(3)24-27)15-26(4)22-11-8-18(14-21(22)23(28)29)25-32(30,31)20-9-6-16(2)7-10-20;3-2(4,5)1(6)7/h6-11,13-14,25H,5,12,15H2,1-4H3,(H,28,29);(H,6,7). The Kier molecular flexibility index (Phi) is 10.1. The maximum Gasteiger partial charge on any atom is 0.490 e. The van der Waals surface area contributed by atoms with Gasteiger partial charge in [-0.15, -0.1) is 0 Å². The fourth-order valence-corrected chi connectivity index (χ4v) is 4.54. The molecule has 0 amide bonds. The molecule has 3 rings (SSSR count). The summed E-state index contributed by atoms with van der Waals surface area (Å²) >= 11 is 0. The van der Waals surface area contributed by atoms with Crippen molar-refractivity contribution in [2.75, 3.05) is 16.7 Å². The van der Waals surface area contributed by atoms with Crippen LogP contribution in [0.15, 0.2) is 53.4 Å². The normalized spacial score (nSPS) is 11.4. The van der Waals surface area contributed by atoms with Gasteiger partial charge in [0.15, 0.2) is 0 Å². The van der Waals surface area contributed by atoms with Gasteiger partial charge in [-0.2, -0.15) is 18.3 Å². The summed E-state index contributed by atoms with van der Waals surface area (Å²) in [5, 5.41) is 21.4. The summed E-state index contributed by atoms with van der Waals surface area (Å²) in [5.41, 5.74) is 3.51. The predicted molar refractivity (Wildman–Crippen MR) is 138 cm³/mol. The van der Waals surface area contributed by atoms with Gasteiger partial charge < -0.3 is 15.1 Å². The predicted octanol–water partition coefficient (Wildman–Crippen LogP) is 4.68. The van der Waals surface area contributed by atoms with Gasteiger partial charge in [-0.1, -0.05) is 24.6 Å². The highest BCUT2D eigenvalue weighted by atomic mass is 32.2. The van der Waals surface area contributed by atoms with Crippen LogP contribution in [0.25, 0.3) is 0 Å². The van der Waals surface area contributed by atoms with E-state index in [0.717, 1.165) is 29.9 Å². The lowest BCUT2D eigenvalue weighted by molar-refractivity contribution is -0.192. The van der Waals surface area contributed by atoms with Gasteiger partial charge in [0.05, 0.1) is 34.1 Å². The number of aromatic nitrogens is 2. The number of carboxylic acids is 2. The molecule has 10 nitrogen and oxygen atoms in total. The Labute approximate surface area is 223 Å². The van der Waals surface area contributed by atoms with E-state index in [1.165, 1.54) is 18.2 Å². The van der Waals surface area contributed by atoms with E-state index in [0.29, 0.717) is 12.2 Å². The zero-order valence-electron chi connectivity index (χ0n) is 21.7. The summed E-state index contributed by atoms with van der Waals surface area (Å²) in [6, 6.07) is 13.0. The van der Waals surface area contributed by atoms with E-state index in [1.807, 2.05) is 29.5 Å². The fraction of sp³-hybridized carbons (Fsp3) is 0.320. The number of hydrogen-bond donors (Lipinski definition) is 3. The molecule has 0 aliphatic heterocycles. The molecular formula is C25H29F3N4O6S. The maximum absolute atomic E-state index is 12.7. The molecule has 212 valence electrons. The first-order valence-electron chi connectivity index (χ1n) is 11.6. The first-order chi connectivity index (χ1) is 18.0. The van der Waals surface area contributed by atoms with Gasteiger partial charge >= 0.3 is 18.1 Å². The Balaban J connectivity index is 0.000000673. The van der Waals surface area contributed by atoms with Crippen LogP contribution in [-0.2, 0) is 27.9 Å². The van der Waals surface area contributed by atoms with E-state index in [9.17, 15) is 31.5 Å². The Bertz CT molecular complexity index is 1420. The van der Waals surface area contributed by atoms with Crippen LogP contribution >= 0.6 is 0 Å². The van der Waals surface area contributed by atoms with Crippen molar-refractivity contribution in [2.24, 2.45) is 0 Å². The van der Waals surface area contributed by atoms with Crippen molar-refractivity contribution < 1.29 is 41.4 Å². The number of nitrogens with zero attached hydrogens (tertiary/aromatic N) is 3. The third-order valence-corrected chi connectivity index (χ3v) is 6.68. The zero-order chi connectivity index (χ0) is 29.5. The highest BCUT2D eigenvalue weighted by Crippen LogP contribution is 2.27. The summed E-state index contributed by atoms with van der Waals surface area (Å²) in [4.78, 5) is 22.8. The topological polar surface area (TPSA) is 142 Å². The minimum Gasteiger partial charge on any atom is -0.478 e. The Hall–Kier alpha value is -4.07. The van der Waals surface area contributed by atoms with Crippen LogP contribution in [0.1, 0.15) is 40.7 Å². The van der Waals surface area contributed by atoms with Crippen LogP contribution in [0.3, 0.4) is 0 Å². The van der Waals surface area contributed by atoms with Crippen molar-refractivity contribution in [3.05, 3.63) is 71.0 Å². The van der Waals surface area contributed by atoms with Gasteiger partial charge in [0, 0.05) is 19.3 Å². The number of aromatic carboxylic acids is 1. The van der Waals surface area contributed by atoms with Gasteiger partial charge in [-0.25, -0.2) is 18.0 Å². The molecule has 0 saturated heterocycles. The van der Waals surface area contributed by atoms with Crippen molar-refractivity contribution in [2.45, 2.75) is 51.4 Å². The van der Waals surface area contributed by atoms with Crippen LogP contribution in [0.5, 0.6) is 0 Å². The monoisotopic (exact) mass is 570 g/mol. The second kappa shape index (κ2) is 12.7. The number of sulfonamides is 1. The molecule has 0 atom stereocenters. The summed E-state index contributed by atoms with van der Waals surface area (Å²) in [6.45, 7) is 7.11. The number of rotatable bonds is 9. The van der Waals surface area contributed by atoms with Crippen LogP contribution < -0.4 is 9.62 Å². The smallest absolute Gasteiger partial charge is 0.478 e.